The van der Waals surface area contributed by atoms with Gasteiger partial charge in [0.25, 0.3) is 0 Å². The first-order valence-electron chi connectivity index (χ1n) is 9.36. The average Bonchev–Trinajstić information content (AvgIpc) is 2.71. The van der Waals surface area contributed by atoms with Gasteiger partial charge in [0.1, 0.15) is 6.61 Å². The summed E-state index contributed by atoms with van der Waals surface area (Å²) >= 11 is 0. The summed E-state index contributed by atoms with van der Waals surface area (Å²) in [6, 6.07) is 8.77. The fraction of sp³-hybridized carbons (Fsp3) is 0.409. The van der Waals surface area contributed by atoms with E-state index in [0.29, 0.717) is 17.7 Å². The van der Waals surface area contributed by atoms with E-state index < -0.39 is 17.4 Å². The van der Waals surface area contributed by atoms with Crippen molar-refractivity contribution in [2.45, 2.75) is 45.6 Å². The quantitative estimate of drug-likeness (QED) is 0.182. The van der Waals surface area contributed by atoms with E-state index in [-0.39, 0.29) is 19.4 Å². The molecule has 150 valence electrons. The zero-order valence-electron chi connectivity index (χ0n) is 16.4. The second-order valence-electron chi connectivity index (χ2n) is 6.45. The largest absolute Gasteiger partial charge is 0.460 e. The van der Waals surface area contributed by atoms with Gasteiger partial charge in [0, 0.05) is 6.54 Å². The van der Waals surface area contributed by atoms with E-state index in [1.165, 1.54) is 12.2 Å². The maximum atomic E-state index is 12.8. The molecular weight excluding hydrogens is 356 g/mol. The predicted octanol–water partition coefficient (Wildman–Crippen LogP) is 3.98. The third-order valence-electron chi connectivity index (χ3n) is 4.24. The number of hydroxylamine groups is 1. The van der Waals surface area contributed by atoms with Crippen LogP contribution in [0.4, 0.5) is 0 Å². The highest BCUT2D eigenvalue weighted by Crippen LogP contribution is 2.31. The van der Waals surface area contributed by atoms with Crippen LogP contribution in [-0.2, 0) is 25.8 Å². The maximum absolute atomic E-state index is 12.8. The van der Waals surface area contributed by atoms with Crippen LogP contribution in [0.1, 0.15) is 50.2 Å². The molecule has 0 saturated carbocycles. The number of allylic oxidation sites excluding steroid dienone is 2. The van der Waals surface area contributed by atoms with Crippen molar-refractivity contribution < 1.29 is 19.2 Å². The van der Waals surface area contributed by atoms with Crippen LogP contribution in [0.2, 0.25) is 0 Å². The molecule has 0 heterocycles. The summed E-state index contributed by atoms with van der Waals surface area (Å²) in [5, 5.41) is 8.97. The van der Waals surface area contributed by atoms with Crippen molar-refractivity contribution in [1.82, 2.24) is 5.48 Å². The van der Waals surface area contributed by atoms with Crippen LogP contribution in [0.25, 0.3) is 0 Å². The van der Waals surface area contributed by atoms with Crippen LogP contribution in [0.15, 0.2) is 49.6 Å². The van der Waals surface area contributed by atoms with Crippen molar-refractivity contribution in [3.05, 3.63) is 60.7 Å². The molecule has 0 aliphatic rings. The molecule has 0 amide bonds. The number of hydrogen-bond donors (Lipinski definition) is 1. The van der Waals surface area contributed by atoms with Crippen LogP contribution >= 0.6 is 0 Å². The first-order valence-corrected chi connectivity index (χ1v) is 9.36. The lowest BCUT2D eigenvalue weighted by molar-refractivity contribution is -0.177. The summed E-state index contributed by atoms with van der Waals surface area (Å²) in [5.74, 6) is -1.44. The first kappa shape index (κ1) is 23.1. The zero-order valence-corrected chi connectivity index (χ0v) is 16.4. The number of esters is 1. The van der Waals surface area contributed by atoms with Crippen molar-refractivity contribution >= 4 is 11.9 Å². The van der Waals surface area contributed by atoms with Crippen molar-refractivity contribution in [2.75, 3.05) is 6.54 Å². The van der Waals surface area contributed by atoms with Gasteiger partial charge in [-0.2, -0.15) is 10.7 Å². The molecule has 6 heteroatoms. The van der Waals surface area contributed by atoms with Gasteiger partial charge >= 0.3 is 11.9 Å². The molecular formula is C22H28N2O4. The van der Waals surface area contributed by atoms with Gasteiger partial charge in [-0.25, -0.2) is 4.79 Å². The lowest BCUT2D eigenvalue weighted by atomic mass is 9.81. The SMILES string of the molecule is C=CCC(CC=C)(C(=O)OCc1cccc(C#N)c1)C(=O)ONCCCCC. The Morgan fingerprint density at radius 3 is 2.54 bits per heavy atom. The minimum Gasteiger partial charge on any atom is -0.460 e. The fourth-order valence-electron chi connectivity index (χ4n) is 2.67. The number of carbonyl (C=O) groups is 2. The van der Waals surface area contributed by atoms with Gasteiger partial charge in [-0.05, 0) is 37.0 Å². The summed E-state index contributed by atoms with van der Waals surface area (Å²) in [6.07, 6.45) is 6.01. The highest BCUT2D eigenvalue weighted by molar-refractivity contribution is 6.00. The molecule has 0 radical (unpaired) electrons. The molecule has 0 aromatic heterocycles. The molecule has 0 spiro atoms. The number of benzene rings is 1. The lowest BCUT2D eigenvalue weighted by Crippen LogP contribution is -2.43. The molecule has 6 nitrogen and oxygen atoms in total. The van der Waals surface area contributed by atoms with E-state index in [1.807, 2.05) is 6.07 Å². The third kappa shape index (κ3) is 6.67. The van der Waals surface area contributed by atoms with Crippen molar-refractivity contribution in [1.29, 1.82) is 5.26 Å². The number of nitrogens with one attached hydrogen (secondary N) is 1. The number of rotatable bonds is 13. The smallest absolute Gasteiger partial charge is 0.342 e. The molecule has 1 N–H and O–H groups in total. The van der Waals surface area contributed by atoms with Crippen LogP contribution in [0, 0.1) is 16.7 Å². The van der Waals surface area contributed by atoms with Crippen LogP contribution < -0.4 is 5.48 Å². The third-order valence-corrected chi connectivity index (χ3v) is 4.24. The van der Waals surface area contributed by atoms with Crippen LogP contribution in [0.3, 0.4) is 0 Å². The molecule has 0 aliphatic heterocycles. The van der Waals surface area contributed by atoms with E-state index in [4.69, 9.17) is 14.8 Å². The number of hydrogen-bond acceptors (Lipinski definition) is 6. The van der Waals surface area contributed by atoms with E-state index in [9.17, 15) is 9.59 Å². The first-order chi connectivity index (χ1) is 13.5. The Balaban J connectivity index is 2.86. The van der Waals surface area contributed by atoms with E-state index in [0.717, 1.165) is 19.3 Å². The maximum Gasteiger partial charge on any atom is 0.342 e. The Bertz CT molecular complexity index is 711. The predicted molar refractivity (Wildman–Crippen MR) is 107 cm³/mol. The highest BCUT2D eigenvalue weighted by Gasteiger charge is 2.47. The van der Waals surface area contributed by atoms with Gasteiger partial charge in [0.15, 0.2) is 5.41 Å². The second kappa shape index (κ2) is 12.5. The minimum absolute atomic E-state index is 0.0540. The molecule has 0 unspecified atom stereocenters. The number of ether oxygens (including phenoxy) is 1. The molecule has 0 saturated heterocycles. The zero-order chi connectivity index (χ0) is 20.8. The Morgan fingerprint density at radius 2 is 1.93 bits per heavy atom. The normalized spacial score (nSPS) is 10.6. The number of unbranched alkanes of at least 4 members (excludes halogenated alkanes) is 2. The fourth-order valence-corrected chi connectivity index (χ4v) is 2.67. The number of nitrogens with zero attached hydrogens (tertiary/aromatic N) is 1. The van der Waals surface area contributed by atoms with Gasteiger partial charge in [0.05, 0.1) is 11.6 Å². The molecule has 1 rings (SSSR count). The van der Waals surface area contributed by atoms with Crippen LogP contribution in [-0.4, -0.2) is 18.5 Å². The summed E-state index contributed by atoms with van der Waals surface area (Å²) < 4.78 is 5.39. The van der Waals surface area contributed by atoms with Crippen molar-refractivity contribution in [3.8, 4) is 6.07 Å². The van der Waals surface area contributed by atoms with E-state index >= 15 is 0 Å². The standard InChI is InChI=1S/C22H28N2O4/c1-4-7-8-14-24-28-21(26)22(12-5-2,13-6-3)20(25)27-17-19-11-9-10-18(15-19)16-23/h5-6,9-11,15,24H,2-4,7-8,12-14,17H2,1H3. The molecule has 0 aliphatic carbocycles. The second-order valence-corrected chi connectivity index (χ2v) is 6.45. The van der Waals surface area contributed by atoms with Crippen molar-refractivity contribution in [3.63, 3.8) is 0 Å². The van der Waals surface area contributed by atoms with Gasteiger partial charge < -0.3 is 9.57 Å². The molecule has 0 fully saturated rings. The van der Waals surface area contributed by atoms with Crippen LogP contribution in [0.5, 0.6) is 0 Å². The average molecular weight is 384 g/mol. The number of carbonyl (C=O) groups excluding carboxylic acids is 2. The lowest BCUT2D eigenvalue weighted by Gasteiger charge is -2.27. The van der Waals surface area contributed by atoms with Gasteiger partial charge in [-0.15, -0.1) is 13.2 Å². The van der Waals surface area contributed by atoms with Gasteiger partial charge in [-0.3, -0.25) is 4.79 Å². The summed E-state index contributed by atoms with van der Waals surface area (Å²) in [4.78, 5) is 30.7. The monoisotopic (exact) mass is 384 g/mol. The summed E-state index contributed by atoms with van der Waals surface area (Å²) in [5.41, 5.74) is 2.20. The Kier molecular flexibility index (Phi) is 10.3. The topological polar surface area (TPSA) is 88.4 Å². The summed E-state index contributed by atoms with van der Waals surface area (Å²) in [7, 11) is 0. The molecule has 1 aromatic rings. The number of nitriles is 1. The highest BCUT2D eigenvalue weighted by atomic mass is 16.7. The molecule has 0 atom stereocenters. The molecule has 0 bridgehead atoms. The van der Waals surface area contributed by atoms with Gasteiger partial charge in [0.2, 0.25) is 0 Å². The Hall–Kier alpha value is -2.91. The minimum atomic E-state index is -1.55. The van der Waals surface area contributed by atoms with E-state index in [1.54, 1.807) is 24.3 Å². The Morgan fingerprint density at radius 1 is 1.21 bits per heavy atom. The Labute approximate surface area is 166 Å². The summed E-state index contributed by atoms with van der Waals surface area (Å²) in [6.45, 7) is 9.83. The molecule has 1 aromatic carbocycles. The van der Waals surface area contributed by atoms with Gasteiger partial charge in [-0.1, -0.05) is 44.1 Å². The van der Waals surface area contributed by atoms with E-state index in [2.05, 4.69) is 25.6 Å². The van der Waals surface area contributed by atoms with Crippen molar-refractivity contribution in [2.24, 2.45) is 5.41 Å². The molecule has 28 heavy (non-hydrogen) atoms.